The van der Waals surface area contributed by atoms with Gasteiger partial charge in [-0.25, -0.2) is 4.39 Å². The third-order valence-corrected chi connectivity index (χ3v) is 2.81. The molecule has 1 rings (SSSR count). The van der Waals surface area contributed by atoms with Gasteiger partial charge in [-0.1, -0.05) is 12.5 Å². The molecule has 0 spiro atoms. The quantitative estimate of drug-likeness (QED) is 0.566. The second-order valence-electron chi connectivity index (χ2n) is 3.99. The van der Waals surface area contributed by atoms with E-state index in [1.54, 1.807) is 24.1 Å². The molecule has 0 atom stereocenters. The smallest absolute Gasteiger partial charge is 0.253 e. The fraction of sp³-hybridized carbons (Fsp3) is 0.462. The molecule has 0 heterocycles. The van der Waals surface area contributed by atoms with Crippen LogP contribution in [0, 0.1) is 5.82 Å². The van der Waals surface area contributed by atoms with Crippen LogP contribution in [-0.4, -0.2) is 30.3 Å². The first-order chi connectivity index (χ1) is 8.15. The summed E-state index contributed by atoms with van der Waals surface area (Å²) in [6.45, 7) is 0.673. The summed E-state index contributed by atoms with van der Waals surface area (Å²) in [5, 5.41) is 0. The number of hydrogen-bond acceptors (Lipinski definition) is 1. The molecule has 4 heteroatoms. The number of benzene rings is 1. The summed E-state index contributed by atoms with van der Waals surface area (Å²) in [5.74, 6) is 0.128. The number of alkyl halides is 1. The van der Waals surface area contributed by atoms with Gasteiger partial charge in [0.05, 0.1) is 0 Å². The van der Waals surface area contributed by atoms with Crippen molar-refractivity contribution < 1.29 is 9.18 Å². The van der Waals surface area contributed by atoms with Crippen LogP contribution in [0.15, 0.2) is 24.3 Å². The average Bonchev–Trinajstić information content (AvgIpc) is 2.33. The van der Waals surface area contributed by atoms with Crippen molar-refractivity contribution in [3.05, 3.63) is 35.6 Å². The first-order valence-corrected chi connectivity index (χ1v) is 6.25. The van der Waals surface area contributed by atoms with Gasteiger partial charge in [-0.15, -0.1) is 11.6 Å². The van der Waals surface area contributed by atoms with Gasteiger partial charge >= 0.3 is 0 Å². The Labute approximate surface area is 106 Å². The van der Waals surface area contributed by atoms with Crippen molar-refractivity contribution in [1.82, 2.24) is 4.90 Å². The predicted octanol–water partition coefficient (Wildman–Crippen LogP) is 3.31. The van der Waals surface area contributed by atoms with E-state index in [0.717, 1.165) is 19.3 Å². The van der Waals surface area contributed by atoms with Gasteiger partial charge in [0.25, 0.3) is 5.91 Å². The molecule has 0 radical (unpaired) electrons. The number of carbonyl (C=O) groups is 1. The molecule has 1 aromatic rings. The van der Waals surface area contributed by atoms with Crippen molar-refractivity contribution in [2.45, 2.75) is 19.3 Å². The maximum absolute atomic E-state index is 13.0. The van der Waals surface area contributed by atoms with Crippen molar-refractivity contribution in [3.8, 4) is 0 Å². The summed E-state index contributed by atoms with van der Waals surface area (Å²) in [6, 6.07) is 5.76. The molecule has 94 valence electrons. The minimum Gasteiger partial charge on any atom is -0.342 e. The predicted molar refractivity (Wildman–Crippen MR) is 67.9 cm³/mol. The summed E-state index contributed by atoms with van der Waals surface area (Å²) in [7, 11) is 1.73. The van der Waals surface area contributed by atoms with Crippen LogP contribution in [0.25, 0.3) is 0 Å². The van der Waals surface area contributed by atoms with Crippen LogP contribution in [0.1, 0.15) is 29.6 Å². The molecule has 2 nitrogen and oxygen atoms in total. The molecular formula is C13H17ClFNO. The monoisotopic (exact) mass is 257 g/mol. The minimum absolute atomic E-state index is 0.143. The zero-order valence-electron chi connectivity index (χ0n) is 9.96. The van der Waals surface area contributed by atoms with E-state index in [2.05, 4.69) is 0 Å². The minimum atomic E-state index is -0.383. The summed E-state index contributed by atoms with van der Waals surface area (Å²) >= 11 is 5.57. The van der Waals surface area contributed by atoms with E-state index in [-0.39, 0.29) is 11.7 Å². The highest BCUT2D eigenvalue weighted by atomic mass is 35.5. The molecule has 0 aliphatic carbocycles. The second-order valence-corrected chi connectivity index (χ2v) is 4.36. The Kier molecular flexibility index (Phi) is 5.98. The number of halogens is 2. The highest BCUT2D eigenvalue weighted by Gasteiger charge is 2.11. The topological polar surface area (TPSA) is 20.3 Å². The third-order valence-electron chi connectivity index (χ3n) is 2.55. The fourth-order valence-electron chi connectivity index (χ4n) is 1.56. The van der Waals surface area contributed by atoms with Gasteiger partial charge in [-0.05, 0) is 31.0 Å². The van der Waals surface area contributed by atoms with E-state index in [0.29, 0.717) is 18.0 Å². The lowest BCUT2D eigenvalue weighted by atomic mass is 10.2. The summed E-state index contributed by atoms with van der Waals surface area (Å²) in [6.07, 6.45) is 2.89. The molecule has 0 saturated heterocycles. The van der Waals surface area contributed by atoms with Crippen LogP contribution in [0.4, 0.5) is 4.39 Å². The molecule has 0 fully saturated rings. The lowest BCUT2D eigenvalue weighted by molar-refractivity contribution is 0.0792. The van der Waals surface area contributed by atoms with Gasteiger partial charge in [0.2, 0.25) is 0 Å². The number of unbranched alkanes of at least 4 members (excludes halogenated alkanes) is 2. The molecule has 0 bridgehead atoms. The summed E-state index contributed by atoms with van der Waals surface area (Å²) < 4.78 is 13.0. The van der Waals surface area contributed by atoms with Crippen molar-refractivity contribution in [3.63, 3.8) is 0 Å². The van der Waals surface area contributed by atoms with Crippen LogP contribution < -0.4 is 0 Å². The van der Waals surface area contributed by atoms with E-state index >= 15 is 0 Å². The van der Waals surface area contributed by atoms with Crippen molar-refractivity contribution >= 4 is 17.5 Å². The Hall–Kier alpha value is -1.09. The normalized spacial score (nSPS) is 10.3. The SMILES string of the molecule is CN(CCCCCCl)C(=O)c1cccc(F)c1. The van der Waals surface area contributed by atoms with Gasteiger partial charge in [-0.2, -0.15) is 0 Å². The van der Waals surface area contributed by atoms with Crippen LogP contribution in [0.3, 0.4) is 0 Å². The van der Waals surface area contributed by atoms with E-state index in [1.165, 1.54) is 12.1 Å². The van der Waals surface area contributed by atoms with Gasteiger partial charge in [0.15, 0.2) is 0 Å². The average molecular weight is 258 g/mol. The van der Waals surface area contributed by atoms with E-state index in [9.17, 15) is 9.18 Å². The first-order valence-electron chi connectivity index (χ1n) is 5.72. The molecule has 1 amide bonds. The van der Waals surface area contributed by atoms with Crippen LogP contribution in [0.2, 0.25) is 0 Å². The highest BCUT2D eigenvalue weighted by molar-refractivity contribution is 6.17. The highest BCUT2D eigenvalue weighted by Crippen LogP contribution is 2.07. The Bertz CT molecular complexity index is 370. The molecule has 0 unspecified atom stereocenters. The first kappa shape index (κ1) is 14.0. The Balaban J connectivity index is 2.46. The number of nitrogens with zero attached hydrogens (tertiary/aromatic N) is 1. The molecule has 1 aromatic carbocycles. The van der Waals surface area contributed by atoms with E-state index in [4.69, 9.17) is 11.6 Å². The number of carbonyl (C=O) groups excluding carboxylic acids is 1. The Morgan fingerprint density at radius 1 is 1.35 bits per heavy atom. The van der Waals surface area contributed by atoms with Crippen molar-refractivity contribution in [1.29, 1.82) is 0 Å². The van der Waals surface area contributed by atoms with Crippen LogP contribution in [0.5, 0.6) is 0 Å². The molecule has 0 aliphatic rings. The zero-order valence-corrected chi connectivity index (χ0v) is 10.7. The largest absolute Gasteiger partial charge is 0.342 e. The third kappa shape index (κ3) is 4.73. The maximum atomic E-state index is 13.0. The van der Waals surface area contributed by atoms with Gasteiger partial charge in [-0.3, -0.25) is 4.79 Å². The molecule has 0 aliphatic heterocycles. The van der Waals surface area contributed by atoms with Crippen LogP contribution >= 0.6 is 11.6 Å². The van der Waals surface area contributed by atoms with Gasteiger partial charge < -0.3 is 4.90 Å². The molecule has 0 saturated carbocycles. The lowest BCUT2D eigenvalue weighted by Gasteiger charge is -2.17. The standard InChI is InChI=1S/C13H17ClFNO/c1-16(9-4-2-3-8-14)13(17)11-6-5-7-12(15)10-11/h5-7,10H,2-4,8-9H2,1H3. The van der Waals surface area contributed by atoms with E-state index < -0.39 is 0 Å². The van der Waals surface area contributed by atoms with Gasteiger partial charge in [0.1, 0.15) is 5.82 Å². The van der Waals surface area contributed by atoms with Crippen molar-refractivity contribution in [2.24, 2.45) is 0 Å². The molecular weight excluding hydrogens is 241 g/mol. The lowest BCUT2D eigenvalue weighted by Crippen LogP contribution is -2.27. The number of rotatable bonds is 6. The molecule has 0 aromatic heterocycles. The maximum Gasteiger partial charge on any atom is 0.253 e. The summed E-state index contributed by atoms with van der Waals surface area (Å²) in [4.78, 5) is 13.5. The zero-order chi connectivity index (χ0) is 12.7. The summed E-state index contributed by atoms with van der Waals surface area (Å²) in [5.41, 5.74) is 0.393. The molecule has 0 N–H and O–H groups in total. The van der Waals surface area contributed by atoms with E-state index in [1.807, 2.05) is 0 Å². The molecule has 17 heavy (non-hydrogen) atoms. The van der Waals surface area contributed by atoms with Crippen LogP contribution in [-0.2, 0) is 0 Å². The van der Waals surface area contributed by atoms with Gasteiger partial charge in [0, 0.05) is 25.0 Å². The second kappa shape index (κ2) is 7.28. The van der Waals surface area contributed by atoms with Crippen molar-refractivity contribution in [2.75, 3.05) is 19.5 Å². The number of amides is 1. The fourth-order valence-corrected chi connectivity index (χ4v) is 1.75. The Morgan fingerprint density at radius 3 is 2.76 bits per heavy atom. The number of hydrogen-bond donors (Lipinski definition) is 0. The Morgan fingerprint density at radius 2 is 2.12 bits per heavy atom.